The van der Waals surface area contributed by atoms with E-state index in [4.69, 9.17) is 5.73 Å². The maximum absolute atomic E-state index is 12.0. The molecule has 3 N–H and O–H groups in total. The minimum atomic E-state index is 0.168. The van der Waals surface area contributed by atoms with Crippen molar-refractivity contribution in [3.05, 3.63) is 0 Å². The maximum atomic E-state index is 12.0. The van der Waals surface area contributed by atoms with Gasteiger partial charge < -0.3 is 16.0 Å². The lowest BCUT2D eigenvalue weighted by molar-refractivity contribution is -0.127. The zero-order chi connectivity index (χ0) is 12.8. The summed E-state index contributed by atoms with van der Waals surface area (Å²) in [6.45, 7) is 6.94. The van der Waals surface area contributed by atoms with Crippen LogP contribution in [0, 0.1) is 11.8 Å². The van der Waals surface area contributed by atoms with Crippen LogP contribution in [0.5, 0.6) is 0 Å². The first kappa shape index (κ1) is 14.5. The van der Waals surface area contributed by atoms with Gasteiger partial charge in [-0.05, 0) is 38.8 Å². The molecule has 4 heteroatoms. The normalized spacial score (nSPS) is 29.4. The Labute approximate surface area is 105 Å². The average molecular weight is 241 g/mol. The van der Waals surface area contributed by atoms with Crippen molar-refractivity contribution in [2.45, 2.75) is 39.2 Å². The molecule has 1 rings (SSSR count). The molecule has 0 radical (unpaired) electrons. The van der Waals surface area contributed by atoms with E-state index < -0.39 is 0 Å². The number of rotatable bonds is 5. The Morgan fingerprint density at radius 2 is 2.18 bits per heavy atom. The molecule has 0 spiro atoms. The van der Waals surface area contributed by atoms with Crippen molar-refractivity contribution in [2.24, 2.45) is 17.6 Å². The SMILES string of the molecule is CCN(C)CCNC(=O)C1CCC(N)CC1C. The van der Waals surface area contributed by atoms with Crippen LogP contribution in [-0.2, 0) is 4.79 Å². The number of nitrogens with zero attached hydrogens (tertiary/aromatic N) is 1. The van der Waals surface area contributed by atoms with Gasteiger partial charge in [-0.25, -0.2) is 0 Å². The third-order valence-corrected chi connectivity index (χ3v) is 3.88. The van der Waals surface area contributed by atoms with Gasteiger partial charge in [0.1, 0.15) is 0 Å². The molecule has 1 aliphatic rings. The van der Waals surface area contributed by atoms with E-state index in [-0.39, 0.29) is 11.8 Å². The molecule has 17 heavy (non-hydrogen) atoms. The van der Waals surface area contributed by atoms with Crippen LogP contribution < -0.4 is 11.1 Å². The smallest absolute Gasteiger partial charge is 0.223 e. The summed E-state index contributed by atoms with van der Waals surface area (Å²) in [6, 6.07) is 0.292. The second kappa shape index (κ2) is 6.97. The molecule has 0 aromatic carbocycles. The summed E-state index contributed by atoms with van der Waals surface area (Å²) < 4.78 is 0. The lowest BCUT2D eigenvalue weighted by Gasteiger charge is -2.31. The lowest BCUT2D eigenvalue weighted by Crippen LogP contribution is -2.42. The van der Waals surface area contributed by atoms with Crippen molar-refractivity contribution in [2.75, 3.05) is 26.7 Å². The van der Waals surface area contributed by atoms with E-state index in [1.807, 2.05) is 0 Å². The van der Waals surface area contributed by atoms with Crippen molar-refractivity contribution >= 4 is 5.91 Å². The molecule has 0 bridgehead atoms. The van der Waals surface area contributed by atoms with Crippen LogP contribution >= 0.6 is 0 Å². The second-order valence-corrected chi connectivity index (χ2v) is 5.34. The Morgan fingerprint density at radius 1 is 1.47 bits per heavy atom. The van der Waals surface area contributed by atoms with E-state index in [0.717, 1.165) is 38.9 Å². The fourth-order valence-electron chi connectivity index (χ4n) is 2.49. The summed E-state index contributed by atoms with van der Waals surface area (Å²) in [4.78, 5) is 14.2. The van der Waals surface area contributed by atoms with Crippen LogP contribution in [0.4, 0.5) is 0 Å². The van der Waals surface area contributed by atoms with Crippen LogP contribution in [0.1, 0.15) is 33.1 Å². The third kappa shape index (κ3) is 4.64. The van der Waals surface area contributed by atoms with Crippen molar-refractivity contribution in [3.63, 3.8) is 0 Å². The standard InChI is InChI=1S/C13H27N3O/c1-4-16(3)8-7-15-13(17)12-6-5-11(14)9-10(12)2/h10-12H,4-9,14H2,1-3H3,(H,15,17). The fraction of sp³-hybridized carbons (Fsp3) is 0.923. The van der Waals surface area contributed by atoms with Crippen molar-refractivity contribution in [3.8, 4) is 0 Å². The average Bonchev–Trinajstić information content (AvgIpc) is 2.28. The number of amides is 1. The van der Waals surface area contributed by atoms with Gasteiger partial charge in [-0.15, -0.1) is 0 Å². The highest BCUT2D eigenvalue weighted by Crippen LogP contribution is 2.28. The molecule has 1 fully saturated rings. The summed E-state index contributed by atoms with van der Waals surface area (Å²) in [5.74, 6) is 0.804. The molecule has 1 saturated carbocycles. The van der Waals surface area contributed by atoms with Crippen LogP contribution in [0.2, 0.25) is 0 Å². The van der Waals surface area contributed by atoms with Gasteiger partial charge in [0.25, 0.3) is 0 Å². The van der Waals surface area contributed by atoms with E-state index in [1.165, 1.54) is 0 Å². The number of hydrogen-bond acceptors (Lipinski definition) is 3. The first-order valence-electron chi connectivity index (χ1n) is 6.76. The summed E-state index contributed by atoms with van der Waals surface area (Å²) >= 11 is 0. The highest BCUT2D eigenvalue weighted by molar-refractivity contribution is 5.79. The van der Waals surface area contributed by atoms with E-state index in [0.29, 0.717) is 12.0 Å². The predicted molar refractivity (Wildman–Crippen MR) is 70.7 cm³/mol. The molecule has 0 saturated heterocycles. The molecule has 0 aliphatic heterocycles. The van der Waals surface area contributed by atoms with Crippen LogP contribution in [0.15, 0.2) is 0 Å². The largest absolute Gasteiger partial charge is 0.355 e. The van der Waals surface area contributed by atoms with E-state index >= 15 is 0 Å². The highest BCUT2D eigenvalue weighted by atomic mass is 16.1. The summed E-state index contributed by atoms with van der Waals surface area (Å²) in [5.41, 5.74) is 5.91. The van der Waals surface area contributed by atoms with Gasteiger partial charge in [0.15, 0.2) is 0 Å². The molecule has 0 aromatic heterocycles. The number of nitrogens with two attached hydrogens (primary N) is 1. The van der Waals surface area contributed by atoms with Gasteiger partial charge in [-0.1, -0.05) is 13.8 Å². The minimum Gasteiger partial charge on any atom is -0.355 e. The molecule has 0 aromatic rings. The number of carbonyl (C=O) groups excluding carboxylic acids is 1. The number of hydrogen-bond donors (Lipinski definition) is 2. The summed E-state index contributed by atoms with van der Waals surface area (Å²) in [7, 11) is 2.06. The highest BCUT2D eigenvalue weighted by Gasteiger charge is 2.30. The molecular weight excluding hydrogens is 214 g/mol. The fourth-order valence-corrected chi connectivity index (χ4v) is 2.49. The van der Waals surface area contributed by atoms with Gasteiger partial charge in [0.05, 0.1) is 0 Å². The minimum absolute atomic E-state index is 0.168. The Kier molecular flexibility index (Phi) is 5.92. The van der Waals surface area contributed by atoms with Crippen molar-refractivity contribution < 1.29 is 4.79 Å². The molecule has 100 valence electrons. The molecule has 3 unspecified atom stereocenters. The predicted octanol–water partition coefficient (Wildman–Crippen LogP) is 0.818. The molecule has 0 heterocycles. The number of carbonyl (C=O) groups is 1. The zero-order valence-corrected chi connectivity index (χ0v) is 11.4. The van der Waals surface area contributed by atoms with Crippen molar-refractivity contribution in [1.29, 1.82) is 0 Å². The number of nitrogens with one attached hydrogen (secondary N) is 1. The summed E-state index contributed by atoms with van der Waals surface area (Å²) in [5, 5.41) is 3.04. The first-order valence-corrected chi connectivity index (χ1v) is 6.76. The van der Waals surface area contributed by atoms with Gasteiger partial charge in [0, 0.05) is 25.0 Å². The Morgan fingerprint density at radius 3 is 2.76 bits per heavy atom. The maximum Gasteiger partial charge on any atom is 0.223 e. The molecular formula is C13H27N3O. The van der Waals surface area contributed by atoms with E-state index in [1.54, 1.807) is 0 Å². The Bertz CT molecular complexity index is 245. The van der Waals surface area contributed by atoms with Gasteiger partial charge in [0.2, 0.25) is 5.91 Å². The van der Waals surface area contributed by atoms with Crippen LogP contribution in [0.25, 0.3) is 0 Å². The molecule has 1 aliphatic carbocycles. The van der Waals surface area contributed by atoms with E-state index in [9.17, 15) is 4.79 Å². The lowest BCUT2D eigenvalue weighted by atomic mass is 9.78. The topological polar surface area (TPSA) is 58.4 Å². The quantitative estimate of drug-likeness (QED) is 0.749. The summed E-state index contributed by atoms with van der Waals surface area (Å²) in [6.07, 6.45) is 2.90. The molecule has 1 amide bonds. The monoisotopic (exact) mass is 241 g/mol. The molecule has 4 nitrogen and oxygen atoms in total. The van der Waals surface area contributed by atoms with Gasteiger partial charge in [-0.2, -0.15) is 0 Å². The van der Waals surface area contributed by atoms with E-state index in [2.05, 4.69) is 31.1 Å². The first-order chi connectivity index (χ1) is 8.04. The third-order valence-electron chi connectivity index (χ3n) is 3.88. The van der Waals surface area contributed by atoms with Gasteiger partial charge in [-0.3, -0.25) is 4.79 Å². The number of likely N-dealkylation sites (N-methyl/N-ethyl adjacent to an activating group) is 1. The molecule has 3 atom stereocenters. The van der Waals surface area contributed by atoms with Crippen LogP contribution in [-0.4, -0.2) is 43.5 Å². The zero-order valence-electron chi connectivity index (χ0n) is 11.4. The van der Waals surface area contributed by atoms with Crippen LogP contribution in [0.3, 0.4) is 0 Å². The second-order valence-electron chi connectivity index (χ2n) is 5.34. The Hall–Kier alpha value is -0.610. The van der Waals surface area contributed by atoms with Gasteiger partial charge >= 0.3 is 0 Å². The van der Waals surface area contributed by atoms with Crippen molar-refractivity contribution in [1.82, 2.24) is 10.2 Å². The Balaban J connectivity index is 2.27.